The Labute approximate surface area is 96.9 Å². The van der Waals surface area contributed by atoms with Crippen LogP contribution in [-0.4, -0.2) is 29.1 Å². The lowest BCUT2D eigenvalue weighted by molar-refractivity contribution is 0.384. The number of aryl methyl sites for hydroxylation is 2. The molecule has 16 heavy (non-hydrogen) atoms. The zero-order valence-corrected chi connectivity index (χ0v) is 10.1. The molecule has 4 nitrogen and oxygen atoms in total. The average molecular weight is 220 g/mol. The molecule has 1 aromatic heterocycles. The van der Waals surface area contributed by atoms with Crippen LogP contribution in [-0.2, 0) is 6.54 Å². The normalized spacial score (nSPS) is 17.6. The maximum atomic E-state index is 4.43. The maximum Gasteiger partial charge on any atom is 0.125 e. The van der Waals surface area contributed by atoms with Crippen molar-refractivity contribution in [2.24, 2.45) is 0 Å². The first kappa shape index (κ1) is 11.5. The van der Waals surface area contributed by atoms with E-state index in [-0.39, 0.29) is 0 Å². The average Bonchev–Trinajstić information content (AvgIpc) is 2.27. The van der Waals surface area contributed by atoms with Gasteiger partial charge in [-0.3, -0.25) is 0 Å². The molecule has 1 aliphatic heterocycles. The van der Waals surface area contributed by atoms with Crippen LogP contribution < -0.4 is 10.6 Å². The van der Waals surface area contributed by atoms with E-state index >= 15 is 0 Å². The summed E-state index contributed by atoms with van der Waals surface area (Å²) in [5, 5.41) is 6.93. The van der Waals surface area contributed by atoms with Crippen LogP contribution in [0.5, 0.6) is 0 Å². The minimum absolute atomic E-state index is 0.636. The first-order valence-corrected chi connectivity index (χ1v) is 5.99. The van der Waals surface area contributed by atoms with Crippen molar-refractivity contribution in [1.82, 2.24) is 20.6 Å². The van der Waals surface area contributed by atoms with Crippen LogP contribution >= 0.6 is 0 Å². The Morgan fingerprint density at radius 3 is 2.75 bits per heavy atom. The molecule has 0 unspecified atom stereocenters. The van der Waals surface area contributed by atoms with Gasteiger partial charge in [-0.1, -0.05) is 0 Å². The largest absolute Gasteiger partial charge is 0.317 e. The Kier molecular flexibility index (Phi) is 3.85. The number of nitrogens with zero attached hydrogens (tertiary/aromatic N) is 2. The van der Waals surface area contributed by atoms with Gasteiger partial charge < -0.3 is 10.6 Å². The Morgan fingerprint density at radius 2 is 2.06 bits per heavy atom. The fourth-order valence-electron chi connectivity index (χ4n) is 2.16. The van der Waals surface area contributed by atoms with E-state index in [2.05, 4.69) is 26.7 Å². The van der Waals surface area contributed by atoms with Gasteiger partial charge in [-0.15, -0.1) is 0 Å². The zero-order valence-electron chi connectivity index (χ0n) is 10.1. The highest BCUT2D eigenvalue weighted by atomic mass is 15.0. The molecule has 0 amide bonds. The second kappa shape index (κ2) is 5.37. The van der Waals surface area contributed by atoms with E-state index in [0.717, 1.165) is 36.8 Å². The Balaban J connectivity index is 1.88. The van der Waals surface area contributed by atoms with Crippen molar-refractivity contribution < 1.29 is 0 Å². The maximum absolute atomic E-state index is 4.43. The lowest BCUT2D eigenvalue weighted by atomic mass is 10.1. The van der Waals surface area contributed by atoms with E-state index in [4.69, 9.17) is 0 Å². The highest BCUT2D eigenvalue weighted by molar-refractivity contribution is 5.09. The SMILES string of the molecule is Cc1cc(CNC2CCNCC2)nc(C)n1. The molecule has 2 N–H and O–H groups in total. The molecule has 0 aliphatic carbocycles. The molecule has 1 fully saturated rings. The summed E-state index contributed by atoms with van der Waals surface area (Å²) in [6.07, 6.45) is 2.42. The molecule has 0 spiro atoms. The molecule has 0 radical (unpaired) electrons. The lowest BCUT2D eigenvalue weighted by Gasteiger charge is -2.23. The molecule has 4 heteroatoms. The standard InChI is InChI=1S/C12H20N4/c1-9-7-12(16-10(2)15-9)8-14-11-3-5-13-6-4-11/h7,11,13-14H,3-6,8H2,1-2H3. The van der Waals surface area contributed by atoms with E-state index < -0.39 is 0 Å². The van der Waals surface area contributed by atoms with Crippen molar-refractivity contribution in [3.05, 3.63) is 23.3 Å². The summed E-state index contributed by atoms with van der Waals surface area (Å²) in [4.78, 5) is 8.71. The third-order valence-electron chi connectivity index (χ3n) is 2.93. The summed E-state index contributed by atoms with van der Waals surface area (Å²) < 4.78 is 0. The second-order valence-electron chi connectivity index (χ2n) is 4.45. The summed E-state index contributed by atoms with van der Waals surface area (Å²) >= 11 is 0. The first-order chi connectivity index (χ1) is 7.74. The van der Waals surface area contributed by atoms with Crippen LogP contribution in [0.4, 0.5) is 0 Å². The molecule has 1 saturated heterocycles. The Morgan fingerprint density at radius 1 is 1.31 bits per heavy atom. The minimum Gasteiger partial charge on any atom is -0.317 e. The fourth-order valence-corrected chi connectivity index (χ4v) is 2.16. The molecule has 0 atom stereocenters. The molecule has 2 heterocycles. The van der Waals surface area contributed by atoms with E-state index in [9.17, 15) is 0 Å². The van der Waals surface area contributed by atoms with Crippen LogP contribution in [0.2, 0.25) is 0 Å². The van der Waals surface area contributed by atoms with Crippen molar-refractivity contribution in [2.45, 2.75) is 39.3 Å². The third kappa shape index (κ3) is 3.25. The van der Waals surface area contributed by atoms with E-state index in [1.54, 1.807) is 0 Å². The molecule has 0 saturated carbocycles. The van der Waals surface area contributed by atoms with E-state index in [0.29, 0.717) is 6.04 Å². The predicted molar refractivity (Wildman–Crippen MR) is 64.2 cm³/mol. The lowest BCUT2D eigenvalue weighted by Crippen LogP contribution is -2.39. The molecular weight excluding hydrogens is 200 g/mol. The quantitative estimate of drug-likeness (QED) is 0.796. The van der Waals surface area contributed by atoms with Gasteiger partial charge in [0.1, 0.15) is 5.82 Å². The highest BCUT2D eigenvalue weighted by Gasteiger charge is 2.12. The van der Waals surface area contributed by atoms with Crippen molar-refractivity contribution in [3.63, 3.8) is 0 Å². The van der Waals surface area contributed by atoms with Gasteiger partial charge in [-0.25, -0.2) is 9.97 Å². The fraction of sp³-hybridized carbons (Fsp3) is 0.667. The van der Waals surface area contributed by atoms with Crippen LogP contribution in [0.25, 0.3) is 0 Å². The first-order valence-electron chi connectivity index (χ1n) is 5.99. The third-order valence-corrected chi connectivity index (χ3v) is 2.93. The number of nitrogens with one attached hydrogen (secondary N) is 2. The van der Waals surface area contributed by atoms with E-state index in [1.165, 1.54) is 12.8 Å². The molecule has 88 valence electrons. The molecule has 2 rings (SSSR count). The number of aromatic nitrogens is 2. The molecule has 0 bridgehead atoms. The van der Waals surface area contributed by atoms with Crippen molar-refractivity contribution in [2.75, 3.05) is 13.1 Å². The summed E-state index contributed by atoms with van der Waals surface area (Å²) in [6.45, 7) is 7.07. The number of piperidine rings is 1. The zero-order chi connectivity index (χ0) is 11.4. The highest BCUT2D eigenvalue weighted by Crippen LogP contribution is 2.05. The van der Waals surface area contributed by atoms with Gasteiger partial charge in [0.15, 0.2) is 0 Å². The van der Waals surface area contributed by atoms with Gasteiger partial charge >= 0.3 is 0 Å². The van der Waals surface area contributed by atoms with Crippen LogP contribution in [0.1, 0.15) is 30.1 Å². The molecular formula is C12H20N4. The monoisotopic (exact) mass is 220 g/mol. The van der Waals surface area contributed by atoms with Crippen LogP contribution in [0, 0.1) is 13.8 Å². The summed E-state index contributed by atoms with van der Waals surface area (Å²) in [6, 6.07) is 2.69. The predicted octanol–water partition coefficient (Wildman–Crippen LogP) is 0.935. The van der Waals surface area contributed by atoms with E-state index in [1.807, 2.05) is 13.8 Å². The number of hydrogen-bond donors (Lipinski definition) is 2. The van der Waals surface area contributed by atoms with Crippen molar-refractivity contribution >= 4 is 0 Å². The number of hydrogen-bond acceptors (Lipinski definition) is 4. The molecule has 1 aromatic rings. The van der Waals surface area contributed by atoms with Gasteiger partial charge in [0, 0.05) is 18.3 Å². The van der Waals surface area contributed by atoms with Gasteiger partial charge in [-0.05, 0) is 45.8 Å². The van der Waals surface area contributed by atoms with Crippen molar-refractivity contribution in [3.8, 4) is 0 Å². The van der Waals surface area contributed by atoms with Crippen LogP contribution in [0.15, 0.2) is 6.07 Å². The van der Waals surface area contributed by atoms with Gasteiger partial charge in [0.2, 0.25) is 0 Å². The van der Waals surface area contributed by atoms with Crippen molar-refractivity contribution in [1.29, 1.82) is 0 Å². The topological polar surface area (TPSA) is 49.8 Å². The number of rotatable bonds is 3. The minimum atomic E-state index is 0.636. The molecule has 0 aromatic carbocycles. The Bertz CT molecular complexity index is 325. The second-order valence-corrected chi connectivity index (χ2v) is 4.45. The summed E-state index contributed by atoms with van der Waals surface area (Å²) in [5.41, 5.74) is 2.15. The summed E-state index contributed by atoms with van der Waals surface area (Å²) in [7, 11) is 0. The van der Waals surface area contributed by atoms with Crippen LogP contribution in [0.3, 0.4) is 0 Å². The molecule has 1 aliphatic rings. The Hall–Kier alpha value is -1.00. The van der Waals surface area contributed by atoms with Gasteiger partial charge in [0.05, 0.1) is 5.69 Å². The van der Waals surface area contributed by atoms with Gasteiger partial charge in [-0.2, -0.15) is 0 Å². The summed E-state index contributed by atoms with van der Waals surface area (Å²) in [5.74, 6) is 0.863. The smallest absolute Gasteiger partial charge is 0.125 e. The van der Waals surface area contributed by atoms with Gasteiger partial charge in [0.25, 0.3) is 0 Å².